The molecule has 2 aliphatic heterocycles. The molecule has 103 heavy (non-hydrogen) atoms. The van der Waals surface area contributed by atoms with Crippen LogP contribution in [0.5, 0.6) is 0 Å². The molecule has 0 atom stereocenters. The van der Waals surface area contributed by atoms with Crippen LogP contribution in [0.3, 0.4) is 0 Å². The molecule has 0 unspecified atom stereocenters. The first-order valence-electron chi connectivity index (χ1n) is 33.6. The third-order valence-electron chi connectivity index (χ3n) is 19.8. The van der Waals surface area contributed by atoms with Gasteiger partial charge in [-0.25, -0.2) is 19.9 Å². The molecule has 13 aromatic carbocycles. The van der Waals surface area contributed by atoms with Crippen molar-refractivity contribution in [3.63, 3.8) is 0 Å². The molecule has 21 aromatic rings. The number of benzene rings is 13. The van der Waals surface area contributed by atoms with E-state index in [0.29, 0.717) is 11.2 Å². The van der Waals surface area contributed by atoms with E-state index in [0.717, 1.165) is 54.2 Å². The average molecular weight is 1480 g/mol. The van der Waals surface area contributed by atoms with E-state index in [1.807, 2.05) is 70.1 Å². The predicted octanol–water partition coefficient (Wildman–Crippen LogP) is 28.1. The van der Waals surface area contributed by atoms with Gasteiger partial charge in [-0.05, 0) is 99.9 Å². The Morgan fingerprint density at radius 2 is 0.777 bits per heavy atom. The summed E-state index contributed by atoms with van der Waals surface area (Å²) in [7, 11) is 0. The second kappa shape index (κ2) is 24.0. The van der Waals surface area contributed by atoms with Crippen molar-refractivity contribution >= 4 is 251 Å². The molecule has 10 heterocycles. The van der Waals surface area contributed by atoms with Gasteiger partial charge in [0.05, 0.1) is 43.4 Å². The van der Waals surface area contributed by atoms with Crippen molar-refractivity contribution in [2.24, 2.45) is 0 Å². The van der Waals surface area contributed by atoms with Gasteiger partial charge in [-0.3, -0.25) is 9.55 Å². The number of nitrogens with one attached hydrogen (secondary N) is 1. The third-order valence-corrected chi connectivity index (χ3v) is 29.6. The van der Waals surface area contributed by atoms with Crippen LogP contribution in [-0.2, 0) is 0 Å². The number of hydrogen-bond acceptors (Lipinski definition) is 12. The van der Waals surface area contributed by atoms with Gasteiger partial charge in [-0.2, -0.15) is 0 Å². The summed E-state index contributed by atoms with van der Waals surface area (Å²) in [6.45, 7) is 0. The summed E-state index contributed by atoms with van der Waals surface area (Å²) in [5, 5.41) is 19.2. The van der Waals surface area contributed by atoms with Gasteiger partial charge in [-0.15, -0.1) is 45.3 Å². The minimum Gasteiger partial charge on any atom is -0.299 e. The Balaban J connectivity index is 0.000000108. The molecular formula is C88H46ClN6S8+. The second-order valence-corrected chi connectivity index (χ2v) is 34.2. The van der Waals surface area contributed by atoms with Crippen molar-refractivity contribution in [3.05, 3.63) is 283 Å². The number of nitrogens with zero attached hydrogens (tertiary/aromatic N) is 5. The highest BCUT2D eigenvalue weighted by molar-refractivity contribution is 8.05. The summed E-state index contributed by atoms with van der Waals surface area (Å²) in [6.07, 6.45) is 9.40. The van der Waals surface area contributed by atoms with Crippen LogP contribution in [0.25, 0.3) is 176 Å². The first kappa shape index (κ1) is 60.4. The molecule has 24 rings (SSSR count). The highest BCUT2D eigenvalue weighted by Crippen LogP contribution is 2.56. The fraction of sp³-hybridized carbons (Fsp3) is 0. The maximum absolute atomic E-state index is 6.34. The maximum atomic E-state index is 6.34. The first-order chi connectivity index (χ1) is 51.0. The largest absolute Gasteiger partial charge is 0.299 e. The summed E-state index contributed by atoms with van der Waals surface area (Å²) < 4.78 is 10.0. The number of halogens is 1. The minimum absolute atomic E-state index is 0.292. The molecule has 3 aliphatic rings. The Morgan fingerprint density at radius 1 is 0.350 bits per heavy atom. The normalized spacial score (nSPS) is 13.0. The number of aromatic nitrogens is 6. The van der Waals surface area contributed by atoms with Crippen LogP contribution < -0.4 is 0 Å². The van der Waals surface area contributed by atoms with Crippen molar-refractivity contribution in [2.45, 2.75) is 39.2 Å². The number of rotatable bonds is 3. The lowest BCUT2D eigenvalue weighted by atomic mass is 9.97. The summed E-state index contributed by atoms with van der Waals surface area (Å²) in [4.78, 5) is 36.1. The molecule has 1 aliphatic carbocycles. The van der Waals surface area contributed by atoms with E-state index in [2.05, 4.69) is 281 Å². The number of thiophene rings is 4. The van der Waals surface area contributed by atoms with Gasteiger partial charge in [0.1, 0.15) is 27.4 Å². The molecule has 8 aromatic heterocycles. The quantitative estimate of drug-likeness (QED) is 0.139. The molecule has 0 amide bonds. The van der Waals surface area contributed by atoms with Crippen LogP contribution >= 0.6 is 104 Å². The van der Waals surface area contributed by atoms with E-state index in [1.54, 1.807) is 34.4 Å². The Bertz CT molecular complexity index is 7310. The van der Waals surface area contributed by atoms with Gasteiger partial charge in [0, 0.05) is 134 Å². The number of para-hydroxylation sites is 1. The molecular weight excluding hydrogens is 1430 g/mol. The first-order valence-corrected chi connectivity index (χ1v) is 40.5. The van der Waals surface area contributed by atoms with Gasteiger partial charge in [-0.1, -0.05) is 235 Å². The Hall–Kier alpha value is -10.2. The van der Waals surface area contributed by atoms with Crippen molar-refractivity contribution in [1.82, 2.24) is 29.5 Å². The van der Waals surface area contributed by atoms with Gasteiger partial charge in [0.15, 0.2) is 5.69 Å². The molecule has 1 N–H and O–H groups in total. The second-order valence-electron chi connectivity index (χ2n) is 25.5. The summed E-state index contributed by atoms with van der Waals surface area (Å²) >= 11 is 20.8. The van der Waals surface area contributed by atoms with Gasteiger partial charge >= 0.3 is 0 Å². The van der Waals surface area contributed by atoms with E-state index in [9.17, 15) is 0 Å². The Kier molecular flexibility index (Phi) is 14.1. The molecule has 0 bridgehead atoms. The third kappa shape index (κ3) is 9.47. The molecule has 6 nitrogen and oxygen atoms in total. The van der Waals surface area contributed by atoms with Gasteiger partial charge in [0.25, 0.3) is 0 Å². The lowest BCUT2D eigenvalue weighted by molar-refractivity contribution is 1.02. The van der Waals surface area contributed by atoms with E-state index < -0.39 is 0 Å². The van der Waals surface area contributed by atoms with E-state index >= 15 is 0 Å². The number of H-pyrrole nitrogens is 1. The molecule has 0 fully saturated rings. The Labute approximate surface area is 626 Å². The molecule has 482 valence electrons. The van der Waals surface area contributed by atoms with Crippen LogP contribution in [-0.4, -0.2) is 29.5 Å². The highest BCUT2D eigenvalue weighted by Gasteiger charge is 2.30. The fourth-order valence-electron chi connectivity index (χ4n) is 15.4. The van der Waals surface area contributed by atoms with E-state index in [1.165, 1.54) is 154 Å². The molecule has 15 heteroatoms. The van der Waals surface area contributed by atoms with Crippen molar-refractivity contribution in [1.29, 1.82) is 0 Å². The average Bonchev–Trinajstić information content (AvgIpc) is 1.53. The smallest absolute Gasteiger partial charge is 0.236 e. The van der Waals surface area contributed by atoms with E-state index in [-0.39, 0.29) is 0 Å². The maximum Gasteiger partial charge on any atom is 0.236 e. The molecule has 0 saturated heterocycles. The van der Waals surface area contributed by atoms with Gasteiger partial charge < -0.3 is 0 Å². The Morgan fingerprint density at radius 3 is 1.35 bits per heavy atom. The summed E-state index contributed by atoms with van der Waals surface area (Å²) in [5.74, 6) is 0.704. The topological polar surface area (TPSA) is 72.3 Å². The molecule has 0 saturated carbocycles. The number of allylic oxidation sites excluding steroid dienone is 2. The molecule has 0 radical (unpaired) electrons. The highest BCUT2D eigenvalue weighted by atomic mass is 35.5. The lowest BCUT2D eigenvalue weighted by Crippen LogP contribution is -2.03. The lowest BCUT2D eigenvalue weighted by Gasteiger charge is -2.21. The van der Waals surface area contributed by atoms with Crippen LogP contribution in [0.15, 0.2) is 300 Å². The number of aromatic amines is 1. The van der Waals surface area contributed by atoms with E-state index in [4.69, 9.17) is 26.6 Å². The zero-order chi connectivity index (χ0) is 67.5. The van der Waals surface area contributed by atoms with Crippen LogP contribution in [0.2, 0.25) is 5.28 Å². The van der Waals surface area contributed by atoms with Crippen molar-refractivity contribution < 1.29 is 0 Å². The number of hydrogen-bond donors (Lipinski definition) is 1. The monoisotopic (exact) mass is 1480 g/mol. The van der Waals surface area contributed by atoms with Crippen molar-refractivity contribution in [2.75, 3.05) is 0 Å². The van der Waals surface area contributed by atoms with Crippen LogP contribution in [0.1, 0.15) is 11.3 Å². The van der Waals surface area contributed by atoms with Crippen LogP contribution in [0, 0.1) is 6.08 Å². The summed E-state index contributed by atoms with van der Waals surface area (Å²) in [5.41, 5.74) is 10.1. The van der Waals surface area contributed by atoms with Crippen molar-refractivity contribution in [3.8, 4) is 28.5 Å². The van der Waals surface area contributed by atoms with Crippen LogP contribution in [0.4, 0.5) is 0 Å². The zero-order valence-electron chi connectivity index (χ0n) is 53.9. The zero-order valence-corrected chi connectivity index (χ0v) is 61.1. The predicted molar refractivity (Wildman–Crippen MR) is 445 cm³/mol. The number of fused-ring (bicyclic) bond motifs is 30. The fourth-order valence-corrected chi connectivity index (χ4v) is 25.1. The minimum atomic E-state index is 0.292. The molecule has 0 spiro atoms. The standard InChI is InChI=1S/C44H23N3S4.C22H11ClN2S3.C22H12NS/c1-2-13-25-24(12-1)36-26-14-3-6-18-30(26)47(40(36)42-37(25)27-15-4-7-19-31(27)49-42)44-45-39(38-28-16-5-8-20-32(28)51-43(38)46-44)29-17-11-23-35-41(29)50-34-22-10-9-21-33(34)48-35;23-22-24-19(18-12-6-1-2-8-14(12)28-21(18)25-22)13-7-5-11-17-20(13)27-16-10-4-3-9-15(16)26-17;1-2-8-14-13(7-1)19-15-9-3-5-11-17(15)23-21(19)22-20(14)16-10-4-6-12-18(16)24-22/h1-23H;1-11H;1-4,6-12,23H/q;;+1. The van der Waals surface area contributed by atoms with Gasteiger partial charge in [0.2, 0.25) is 11.2 Å². The summed E-state index contributed by atoms with van der Waals surface area (Å²) in [6, 6.07) is 91.4. The SMILES string of the molecule is Clc1nc(-c2cccc3c2Sc2ccccc2S3)c2c(n1)sc1ccccc12.[C+]1=Cc2[nH]c3c4sc5ccccc5c4c4ccccc4c3c2C=C1.c1ccc2c(c1)Sc1cccc(-c3nc(-n4c5ccccc5c5c6ccccc6c6c7ccccc7sc6c54)nc4sc5ccccc5c34)c1S2.